The Kier molecular flexibility index (Phi) is 7.87. The van der Waals surface area contributed by atoms with Gasteiger partial charge in [0.15, 0.2) is 17.3 Å². The lowest BCUT2D eigenvalue weighted by molar-refractivity contribution is 0.0240. The Bertz CT molecular complexity index is 1640. The monoisotopic (exact) mass is 592 g/mol. The van der Waals surface area contributed by atoms with Crippen molar-refractivity contribution in [2.45, 2.75) is 33.3 Å². The smallest absolute Gasteiger partial charge is 0.410 e. The van der Waals surface area contributed by atoms with Crippen LogP contribution in [0.15, 0.2) is 48.9 Å². The van der Waals surface area contributed by atoms with Crippen LogP contribution in [0.4, 0.5) is 26.5 Å². The number of pyridine rings is 1. The van der Waals surface area contributed by atoms with E-state index in [0.29, 0.717) is 71.1 Å². The van der Waals surface area contributed by atoms with Gasteiger partial charge in [0.25, 0.3) is 0 Å². The zero-order chi connectivity index (χ0) is 30.2. The van der Waals surface area contributed by atoms with Gasteiger partial charge in [0.2, 0.25) is 5.95 Å². The molecule has 0 radical (unpaired) electrons. The van der Waals surface area contributed by atoms with Gasteiger partial charge in [-0.2, -0.15) is 0 Å². The Balaban J connectivity index is 1.39. The van der Waals surface area contributed by atoms with Crippen LogP contribution < -0.4 is 10.2 Å². The van der Waals surface area contributed by atoms with E-state index in [0.717, 1.165) is 0 Å². The molecular weight excluding hydrogens is 563 g/mol. The quantitative estimate of drug-likeness (QED) is 0.261. The molecule has 2 aromatic carbocycles. The van der Waals surface area contributed by atoms with E-state index >= 15 is 0 Å². The Labute approximate surface area is 247 Å². The first-order valence-corrected chi connectivity index (χ1v) is 13.7. The minimum atomic E-state index is -0.838. The Hall–Kier alpha value is -4.51. The van der Waals surface area contributed by atoms with Crippen molar-refractivity contribution < 1.29 is 23.8 Å². The minimum absolute atomic E-state index is 0.109. The maximum absolute atomic E-state index is 14.2. The first kappa shape index (κ1) is 29.0. The molecule has 0 atom stereocenters. The van der Waals surface area contributed by atoms with Crippen molar-refractivity contribution in [2.24, 2.45) is 0 Å². The number of nitrogens with zero attached hydrogens (tertiary/aromatic N) is 5. The largest absolute Gasteiger partial charge is 0.504 e. The molecule has 5 rings (SSSR count). The van der Waals surface area contributed by atoms with E-state index in [9.17, 15) is 19.1 Å². The summed E-state index contributed by atoms with van der Waals surface area (Å²) >= 11 is 6.01. The molecule has 3 heterocycles. The lowest BCUT2D eigenvalue weighted by Gasteiger charge is -2.35. The number of amides is 1. The average molecular weight is 593 g/mol. The summed E-state index contributed by atoms with van der Waals surface area (Å²) in [5.74, 6) is -1.13. The van der Waals surface area contributed by atoms with E-state index in [1.807, 2.05) is 25.7 Å². The molecule has 12 heteroatoms. The molecule has 10 nitrogen and oxygen atoms in total. The van der Waals surface area contributed by atoms with Gasteiger partial charge in [0.05, 0.1) is 39.9 Å². The highest BCUT2D eigenvalue weighted by Crippen LogP contribution is 2.36. The van der Waals surface area contributed by atoms with Crippen LogP contribution in [0.5, 0.6) is 5.75 Å². The number of carbonyl (C=O) groups excluding carboxylic acids is 2. The van der Waals surface area contributed by atoms with Gasteiger partial charge in [0, 0.05) is 37.8 Å². The average Bonchev–Trinajstić information content (AvgIpc) is 2.95. The van der Waals surface area contributed by atoms with Crippen LogP contribution in [0.1, 0.15) is 38.1 Å². The number of hydrogen-bond acceptors (Lipinski definition) is 9. The molecule has 0 spiro atoms. The summed E-state index contributed by atoms with van der Waals surface area (Å²) in [5, 5.41) is 13.5. The normalized spacial score (nSPS) is 13.8. The number of fused-ring (bicyclic) bond motifs is 1. The first-order chi connectivity index (χ1) is 19.9. The highest BCUT2D eigenvalue weighted by Gasteiger charge is 2.27. The number of halogens is 2. The molecule has 1 amide bonds. The molecule has 1 fully saturated rings. The second kappa shape index (κ2) is 11.4. The second-order valence-electron chi connectivity index (χ2n) is 11.0. The molecule has 1 aliphatic rings. The fourth-order valence-electron chi connectivity index (χ4n) is 4.61. The van der Waals surface area contributed by atoms with Gasteiger partial charge in [-0.3, -0.25) is 9.78 Å². The minimum Gasteiger partial charge on any atom is -0.504 e. The molecule has 2 N–H and O–H groups in total. The van der Waals surface area contributed by atoms with Gasteiger partial charge in [-0.1, -0.05) is 17.7 Å². The first-order valence-electron chi connectivity index (χ1n) is 13.3. The fourth-order valence-corrected chi connectivity index (χ4v) is 4.82. The van der Waals surface area contributed by atoms with Crippen LogP contribution in [0.3, 0.4) is 0 Å². The third-order valence-corrected chi connectivity index (χ3v) is 7.01. The highest BCUT2D eigenvalue weighted by molar-refractivity contribution is 6.32. The van der Waals surface area contributed by atoms with Crippen molar-refractivity contribution in [3.8, 4) is 16.9 Å². The van der Waals surface area contributed by atoms with Gasteiger partial charge in [-0.05, 0) is 63.1 Å². The Morgan fingerprint density at radius 1 is 1.00 bits per heavy atom. The second-order valence-corrected chi connectivity index (χ2v) is 11.4. The third kappa shape index (κ3) is 6.20. The van der Waals surface area contributed by atoms with E-state index < -0.39 is 17.2 Å². The van der Waals surface area contributed by atoms with Crippen LogP contribution >= 0.6 is 11.6 Å². The number of hydrogen-bond donors (Lipinski definition) is 2. The standard InChI is InChI=1S/C30H30ClFN6O4/c1-17(39)22-16-33-25-6-5-18(19-12-23(31)27(40)24(32)13-19)11-21(25)26(22)36-20-14-34-28(35-15-20)37-7-9-38(10-8-37)29(41)42-30(2,3)4/h5-6,11-16,40H,7-10H2,1-4H3,(H,33,36). The van der Waals surface area contributed by atoms with Gasteiger partial charge < -0.3 is 25.0 Å². The number of phenols is 1. The van der Waals surface area contributed by atoms with Crippen molar-refractivity contribution in [1.29, 1.82) is 0 Å². The molecule has 0 aliphatic carbocycles. The molecule has 1 aliphatic heterocycles. The third-order valence-electron chi connectivity index (χ3n) is 6.72. The van der Waals surface area contributed by atoms with Crippen molar-refractivity contribution in [2.75, 3.05) is 36.4 Å². The maximum atomic E-state index is 14.2. The number of rotatable bonds is 5. The number of anilines is 3. The zero-order valence-corrected chi connectivity index (χ0v) is 24.4. The number of nitrogens with one attached hydrogen (secondary N) is 1. The number of aromatic hydroxyl groups is 1. The maximum Gasteiger partial charge on any atom is 0.410 e. The molecule has 0 saturated carbocycles. The fraction of sp³-hybridized carbons (Fsp3) is 0.300. The predicted molar refractivity (Wildman–Crippen MR) is 159 cm³/mol. The van der Waals surface area contributed by atoms with E-state index in [4.69, 9.17) is 16.3 Å². The number of benzene rings is 2. The topological polar surface area (TPSA) is 121 Å². The lowest BCUT2D eigenvalue weighted by atomic mass is 10.00. The van der Waals surface area contributed by atoms with Crippen LogP contribution in [0.2, 0.25) is 5.02 Å². The molecule has 218 valence electrons. The number of piperazine rings is 1. The number of phenolic OH excluding ortho intramolecular Hbond substituents is 1. The summed E-state index contributed by atoms with van der Waals surface area (Å²) in [4.78, 5) is 42.0. The van der Waals surface area contributed by atoms with Crippen molar-refractivity contribution in [3.63, 3.8) is 0 Å². The van der Waals surface area contributed by atoms with Gasteiger partial charge in [-0.15, -0.1) is 0 Å². The van der Waals surface area contributed by atoms with Gasteiger partial charge in [0.1, 0.15) is 5.60 Å². The van der Waals surface area contributed by atoms with E-state index in [1.165, 1.54) is 25.3 Å². The summed E-state index contributed by atoms with van der Waals surface area (Å²) < 4.78 is 19.7. The predicted octanol–water partition coefficient (Wildman–Crippen LogP) is 6.19. The summed E-state index contributed by atoms with van der Waals surface area (Å²) in [5.41, 5.74) is 2.53. The number of carbonyl (C=O) groups is 2. The lowest BCUT2D eigenvalue weighted by Crippen LogP contribution is -2.50. The molecule has 2 aromatic heterocycles. The summed E-state index contributed by atoms with van der Waals surface area (Å²) in [7, 11) is 0. The van der Waals surface area contributed by atoms with Gasteiger partial charge in [-0.25, -0.2) is 19.2 Å². The molecule has 4 aromatic rings. The van der Waals surface area contributed by atoms with E-state index in [1.54, 1.807) is 35.5 Å². The van der Waals surface area contributed by atoms with Crippen LogP contribution in [0.25, 0.3) is 22.0 Å². The van der Waals surface area contributed by atoms with E-state index in [-0.39, 0.29) is 16.9 Å². The number of ketones is 1. The van der Waals surface area contributed by atoms with Crippen molar-refractivity contribution in [3.05, 3.63) is 65.3 Å². The molecule has 42 heavy (non-hydrogen) atoms. The van der Waals surface area contributed by atoms with Crippen LogP contribution in [-0.2, 0) is 4.74 Å². The highest BCUT2D eigenvalue weighted by atomic mass is 35.5. The van der Waals surface area contributed by atoms with Crippen molar-refractivity contribution in [1.82, 2.24) is 19.9 Å². The molecule has 0 unspecified atom stereocenters. The molecule has 0 bridgehead atoms. The zero-order valence-electron chi connectivity index (χ0n) is 23.6. The molecular formula is C30H30ClFN6O4. The van der Waals surface area contributed by atoms with Crippen LogP contribution in [-0.4, -0.2) is 68.6 Å². The van der Waals surface area contributed by atoms with Gasteiger partial charge >= 0.3 is 6.09 Å². The Morgan fingerprint density at radius 2 is 1.69 bits per heavy atom. The number of aromatic nitrogens is 3. The van der Waals surface area contributed by atoms with Crippen LogP contribution in [0, 0.1) is 5.82 Å². The summed E-state index contributed by atoms with van der Waals surface area (Å²) in [6.45, 7) is 9.05. The van der Waals surface area contributed by atoms with Crippen molar-refractivity contribution >= 4 is 51.7 Å². The summed E-state index contributed by atoms with van der Waals surface area (Å²) in [6, 6.07) is 7.96. The van der Waals surface area contributed by atoms with E-state index in [2.05, 4.69) is 20.3 Å². The number of Topliss-reactive ketones (excluding diaryl/α,β-unsaturated/α-hetero) is 1. The summed E-state index contributed by atoms with van der Waals surface area (Å²) in [6.07, 6.45) is 4.41. The SMILES string of the molecule is CC(=O)c1cnc2ccc(-c3cc(F)c(O)c(Cl)c3)cc2c1Nc1cnc(N2CCN(C(=O)OC(C)(C)C)CC2)nc1. The molecule has 1 saturated heterocycles. The number of ether oxygens (including phenoxy) is 1. The Morgan fingerprint density at radius 3 is 2.31 bits per heavy atom.